The summed E-state index contributed by atoms with van der Waals surface area (Å²) in [6, 6.07) is 1.72. The van der Waals surface area contributed by atoms with Gasteiger partial charge in [-0.1, -0.05) is 6.92 Å². The Morgan fingerprint density at radius 3 is 2.61 bits per heavy atom. The summed E-state index contributed by atoms with van der Waals surface area (Å²) >= 11 is 0. The number of carbonyl (C=O) groups excluding carboxylic acids is 1. The van der Waals surface area contributed by atoms with Crippen LogP contribution in [0.25, 0.3) is 0 Å². The monoisotopic (exact) mass is 331 g/mol. The largest absolute Gasteiger partial charge is 0.476 e. The molecule has 0 radical (unpaired) electrons. The first-order valence-electron chi connectivity index (χ1n) is 7.50. The Balaban J connectivity index is 2.01. The predicted molar refractivity (Wildman–Crippen MR) is 78.1 cm³/mol. The number of ether oxygens (including phenoxy) is 1. The van der Waals surface area contributed by atoms with Crippen molar-refractivity contribution >= 4 is 5.91 Å². The highest BCUT2D eigenvalue weighted by Crippen LogP contribution is 2.30. The maximum atomic E-state index is 12.7. The summed E-state index contributed by atoms with van der Waals surface area (Å²) in [5, 5.41) is 0. The Bertz CT molecular complexity index is 555. The summed E-state index contributed by atoms with van der Waals surface area (Å²) in [6.07, 6.45) is -2.42. The number of aromatic nitrogens is 1. The number of nitrogens with two attached hydrogens (primary N) is 1. The van der Waals surface area contributed by atoms with Crippen molar-refractivity contribution in [1.82, 2.24) is 9.88 Å². The van der Waals surface area contributed by atoms with E-state index in [1.54, 1.807) is 0 Å². The average Bonchev–Trinajstić information content (AvgIpc) is 2.48. The molecule has 1 aliphatic heterocycles. The highest BCUT2D eigenvalue weighted by atomic mass is 19.4. The van der Waals surface area contributed by atoms with E-state index in [-0.39, 0.29) is 18.1 Å². The normalized spacial score (nSPS) is 17.2. The van der Waals surface area contributed by atoms with Crippen molar-refractivity contribution in [3.05, 3.63) is 23.4 Å². The summed E-state index contributed by atoms with van der Waals surface area (Å²) in [4.78, 5) is 16.9. The Morgan fingerprint density at radius 1 is 1.39 bits per heavy atom. The van der Waals surface area contributed by atoms with Gasteiger partial charge < -0.3 is 10.5 Å². The van der Waals surface area contributed by atoms with Crippen LogP contribution in [0.2, 0.25) is 0 Å². The number of hydrogen-bond donors (Lipinski definition) is 1. The van der Waals surface area contributed by atoms with Crippen LogP contribution >= 0.6 is 0 Å². The number of nitrogens with zero attached hydrogens (tertiary/aromatic N) is 2. The SMILES string of the molecule is CC1CCN(CCOc2nc(C(F)(F)F)ccc2C(N)=O)CC1. The van der Waals surface area contributed by atoms with Gasteiger partial charge in [0.05, 0.1) is 0 Å². The molecule has 1 aromatic heterocycles. The molecular formula is C15H20F3N3O2. The van der Waals surface area contributed by atoms with Crippen LogP contribution in [-0.4, -0.2) is 42.0 Å². The van der Waals surface area contributed by atoms with Gasteiger partial charge >= 0.3 is 6.18 Å². The number of likely N-dealkylation sites (tertiary alicyclic amines) is 1. The molecular weight excluding hydrogens is 311 g/mol. The van der Waals surface area contributed by atoms with Crippen LogP contribution in [0, 0.1) is 5.92 Å². The molecule has 1 aromatic rings. The minimum Gasteiger partial charge on any atom is -0.476 e. The molecule has 0 unspecified atom stereocenters. The Hall–Kier alpha value is -1.83. The van der Waals surface area contributed by atoms with E-state index in [0.717, 1.165) is 38.1 Å². The number of amides is 1. The molecule has 1 saturated heterocycles. The molecule has 1 fully saturated rings. The lowest BCUT2D eigenvalue weighted by Gasteiger charge is -2.29. The van der Waals surface area contributed by atoms with Crippen LogP contribution in [0.5, 0.6) is 5.88 Å². The molecule has 0 aromatic carbocycles. The number of rotatable bonds is 5. The number of alkyl halides is 3. The smallest absolute Gasteiger partial charge is 0.433 e. The molecule has 23 heavy (non-hydrogen) atoms. The number of hydrogen-bond acceptors (Lipinski definition) is 4. The van der Waals surface area contributed by atoms with Crippen LogP contribution in [0.15, 0.2) is 12.1 Å². The molecule has 1 aliphatic rings. The highest BCUT2D eigenvalue weighted by Gasteiger charge is 2.33. The van der Waals surface area contributed by atoms with Crippen LogP contribution in [-0.2, 0) is 6.18 Å². The van der Waals surface area contributed by atoms with Gasteiger partial charge in [-0.05, 0) is 44.0 Å². The zero-order chi connectivity index (χ0) is 17.0. The van der Waals surface area contributed by atoms with Crippen molar-refractivity contribution < 1.29 is 22.7 Å². The molecule has 128 valence electrons. The minimum atomic E-state index is -4.60. The lowest BCUT2D eigenvalue weighted by molar-refractivity contribution is -0.141. The van der Waals surface area contributed by atoms with Crippen molar-refractivity contribution in [3.8, 4) is 5.88 Å². The number of pyridine rings is 1. The van der Waals surface area contributed by atoms with E-state index in [1.807, 2.05) is 0 Å². The number of primary amides is 1. The summed E-state index contributed by atoms with van der Waals surface area (Å²) < 4.78 is 43.4. The maximum absolute atomic E-state index is 12.7. The van der Waals surface area contributed by atoms with Gasteiger partial charge in [0.2, 0.25) is 5.88 Å². The van der Waals surface area contributed by atoms with E-state index >= 15 is 0 Å². The zero-order valence-electron chi connectivity index (χ0n) is 12.9. The number of halogens is 3. The second-order valence-corrected chi connectivity index (χ2v) is 5.78. The lowest BCUT2D eigenvalue weighted by atomic mass is 9.99. The second kappa shape index (κ2) is 7.16. The quantitative estimate of drug-likeness (QED) is 0.899. The van der Waals surface area contributed by atoms with Gasteiger partial charge in [-0.25, -0.2) is 4.98 Å². The van der Waals surface area contributed by atoms with Crippen molar-refractivity contribution in [2.45, 2.75) is 25.9 Å². The molecule has 2 heterocycles. The van der Waals surface area contributed by atoms with E-state index in [4.69, 9.17) is 10.5 Å². The summed E-state index contributed by atoms with van der Waals surface area (Å²) in [5.41, 5.74) is 3.90. The topological polar surface area (TPSA) is 68.4 Å². The summed E-state index contributed by atoms with van der Waals surface area (Å²) in [7, 11) is 0. The third-order valence-corrected chi connectivity index (χ3v) is 3.94. The lowest BCUT2D eigenvalue weighted by Crippen LogP contribution is -2.36. The average molecular weight is 331 g/mol. The molecule has 8 heteroatoms. The first kappa shape index (κ1) is 17.5. The highest BCUT2D eigenvalue weighted by molar-refractivity contribution is 5.95. The summed E-state index contributed by atoms with van der Waals surface area (Å²) in [6.45, 7) is 4.79. The second-order valence-electron chi connectivity index (χ2n) is 5.78. The Labute approximate surface area is 132 Å². The van der Waals surface area contributed by atoms with Gasteiger partial charge in [0.1, 0.15) is 17.9 Å². The van der Waals surface area contributed by atoms with E-state index < -0.39 is 17.8 Å². The fourth-order valence-electron chi connectivity index (χ4n) is 2.45. The van der Waals surface area contributed by atoms with Gasteiger partial charge in [-0.2, -0.15) is 13.2 Å². The molecule has 2 N–H and O–H groups in total. The molecule has 5 nitrogen and oxygen atoms in total. The zero-order valence-corrected chi connectivity index (χ0v) is 12.9. The van der Waals surface area contributed by atoms with E-state index in [0.29, 0.717) is 12.5 Å². The predicted octanol–water partition coefficient (Wildman–Crippen LogP) is 2.31. The molecule has 1 amide bonds. The van der Waals surface area contributed by atoms with Crippen molar-refractivity contribution in [2.24, 2.45) is 11.7 Å². The van der Waals surface area contributed by atoms with E-state index in [1.165, 1.54) is 0 Å². The van der Waals surface area contributed by atoms with E-state index in [9.17, 15) is 18.0 Å². The van der Waals surface area contributed by atoms with Crippen LogP contribution in [0.4, 0.5) is 13.2 Å². The third-order valence-electron chi connectivity index (χ3n) is 3.94. The van der Waals surface area contributed by atoms with Gasteiger partial charge in [0, 0.05) is 6.54 Å². The van der Waals surface area contributed by atoms with Crippen molar-refractivity contribution in [3.63, 3.8) is 0 Å². The number of carbonyl (C=O) groups is 1. The fourth-order valence-corrected chi connectivity index (χ4v) is 2.45. The first-order chi connectivity index (χ1) is 10.8. The van der Waals surface area contributed by atoms with Crippen LogP contribution in [0.1, 0.15) is 35.8 Å². The van der Waals surface area contributed by atoms with Crippen LogP contribution < -0.4 is 10.5 Å². The molecule has 0 atom stereocenters. The molecule has 0 aliphatic carbocycles. The standard InChI is InChI=1S/C15H20F3N3O2/c1-10-4-6-21(7-5-10)8-9-23-14-11(13(19)22)2-3-12(20-14)15(16,17)18/h2-3,10H,4-9H2,1H3,(H2,19,22). The first-order valence-corrected chi connectivity index (χ1v) is 7.50. The van der Waals surface area contributed by atoms with E-state index in [2.05, 4.69) is 16.8 Å². The molecule has 0 saturated carbocycles. The number of piperidine rings is 1. The fraction of sp³-hybridized carbons (Fsp3) is 0.600. The van der Waals surface area contributed by atoms with Crippen LogP contribution in [0.3, 0.4) is 0 Å². The summed E-state index contributed by atoms with van der Waals surface area (Å²) in [5.74, 6) is -0.538. The van der Waals surface area contributed by atoms with Crippen molar-refractivity contribution in [2.75, 3.05) is 26.2 Å². The molecule has 0 spiro atoms. The Kier molecular flexibility index (Phi) is 5.46. The minimum absolute atomic E-state index is 0.148. The van der Waals surface area contributed by atoms with Gasteiger partial charge in [0.25, 0.3) is 5.91 Å². The van der Waals surface area contributed by atoms with Gasteiger partial charge in [-0.3, -0.25) is 9.69 Å². The Morgan fingerprint density at radius 2 is 2.04 bits per heavy atom. The molecule has 2 rings (SSSR count). The third kappa shape index (κ3) is 4.82. The maximum Gasteiger partial charge on any atom is 0.433 e. The van der Waals surface area contributed by atoms with Gasteiger partial charge in [0.15, 0.2) is 0 Å². The molecule has 0 bridgehead atoms. The van der Waals surface area contributed by atoms with Gasteiger partial charge in [-0.15, -0.1) is 0 Å². The van der Waals surface area contributed by atoms with Crippen molar-refractivity contribution in [1.29, 1.82) is 0 Å².